The minimum Gasteiger partial charge on any atom is -0.480 e. The van der Waals surface area contributed by atoms with Gasteiger partial charge in [-0.05, 0) is 48.8 Å². The Morgan fingerprint density at radius 2 is 2.00 bits per heavy atom. The van der Waals surface area contributed by atoms with Crippen LogP contribution >= 0.6 is 0 Å². The predicted octanol–water partition coefficient (Wildman–Crippen LogP) is 2.05. The minimum atomic E-state index is -0.870. The van der Waals surface area contributed by atoms with Crippen LogP contribution < -0.4 is 5.32 Å². The molecule has 1 aliphatic rings. The summed E-state index contributed by atoms with van der Waals surface area (Å²) in [5.74, 6) is -0.870. The van der Waals surface area contributed by atoms with Gasteiger partial charge in [0.25, 0.3) is 0 Å². The van der Waals surface area contributed by atoms with Gasteiger partial charge in [-0.3, -0.25) is 4.79 Å². The van der Waals surface area contributed by atoms with Gasteiger partial charge in [0.2, 0.25) is 0 Å². The van der Waals surface area contributed by atoms with E-state index in [1.165, 1.54) is 24.0 Å². The van der Waals surface area contributed by atoms with Gasteiger partial charge in [-0.1, -0.05) is 25.1 Å². The number of carbonyl (C=O) groups is 1. The van der Waals surface area contributed by atoms with Crippen molar-refractivity contribution in [3.63, 3.8) is 0 Å². The highest BCUT2D eigenvalue weighted by Gasteiger charge is 2.17. The van der Waals surface area contributed by atoms with E-state index in [2.05, 4.69) is 17.4 Å². The summed E-state index contributed by atoms with van der Waals surface area (Å²) in [4.78, 5) is 10.9. The second-order valence-electron chi connectivity index (χ2n) is 5.46. The van der Waals surface area contributed by atoms with E-state index in [0.717, 1.165) is 18.4 Å². The molecule has 2 atom stereocenters. The number of aliphatic hydroxyl groups is 1. The minimum absolute atomic E-state index is 0.267. The molecule has 0 radical (unpaired) electrons. The molecule has 0 aliphatic heterocycles. The van der Waals surface area contributed by atoms with Gasteiger partial charge in [0.05, 0.1) is 6.10 Å². The SMILES string of the molecule is CCC(NCC(O)c1ccc2c(c1)CCCC2)C(=O)O. The first-order chi connectivity index (χ1) is 9.61. The molecular weight excluding hydrogens is 254 g/mol. The van der Waals surface area contributed by atoms with Gasteiger partial charge < -0.3 is 15.5 Å². The zero-order valence-electron chi connectivity index (χ0n) is 11.9. The van der Waals surface area contributed by atoms with E-state index >= 15 is 0 Å². The smallest absolute Gasteiger partial charge is 0.320 e. The van der Waals surface area contributed by atoms with Crippen LogP contribution in [0.25, 0.3) is 0 Å². The van der Waals surface area contributed by atoms with Crippen molar-refractivity contribution in [1.29, 1.82) is 0 Å². The number of benzene rings is 1. The highest BCUT2D eigenvalue weighted by Crippen LogP contribution is 2.24. The van der Waals surface area contributed by atoms with Crippen LogP contribution in [0, 0.1) is 0 Å². The van der Waals surface area contributed by atoms with Gasteiger partial charge in [0.1, 0.15) is 6.04 Å². The highest BCUT2D eigenvalue weighted by atomic mass is 16.4. The molecule has 0 amide bonds. The van der Waals surface area contributed by atoms with Crippen LogP contribution in [0.1, 0.15) is 49.0 Å². The van der Waals surface area contributed by atoms with Gasteiger partial charge in [-0.15, -0.1) is 0 Å². The third kappa shape index (κ3) is 3.58. The number of aliphatic hydroxyl groups excluding tert-OH is 1. The molecule has 0 fully saturated rings. The predicted molar refractivity (Wildman–Crippen MR) is 77.8 cm³/mol. The Hall–Kier alpha value is -1.39. The average Bonchev–Trinajstić information content (AvgIpc) is 2.46. The third-order valence-corrected chi connectivity index (χ3v) is 4.02. The van der Waals surface area contributed by atoms with Gasteiger partial charge in [-0.2, -0.15) is 0 Å². The Kier molecular flexibility index (Phi) is 5.15. The summed E-state index contributed by atoms with van der Waals surface area (Å²) >= 11 is 0. The van der Waals surface area contributed by atoms with Gasteiger partial charge in [-0.25, -0.2) is 0 Å². The molecule has 0 spiro atoms. The first-order valence-electron chi connectivity index (χ1n) is 7.37. The van der Waals surface area contributed by atoms with Crippen molar-refractivity contribution in [2.75, 3.05) is 6.54 Å². The maximum absolute atomic E-state index is 10.9. The number of aryl methyl sites for hydroxylation is 2. The largest absolute Gasteiger partial charge is 0.480 e. The van der Waals surface area contributed by atoms with Crippen molar-refractivity contribution in [2.45, 2.75) is 51.2 Å². The number of fused-ring (bicyclic) bond motifs is 1. The van der Waals surface area contributed by atoms with E-state index in [-0.39, 0.29) is 6.54 Å². The molecule has 20 heavy (non-hydrogen) atoms. The van der Waals surface area contributed by atoms with Crippen LogP contribution in [0.15, 0.2) is 18.2 Å². The van der Waals surface area contributed by atoms with Crippen molar-refractivity contribution in [1.82, 2.24) is 5.32 Å². The Morgan fingerprint density at radius 3 is 2.65 bits per heavy atom. The molecule has 0 saturated carbocycles. The standard InChI is InChI=1S/C16H23NO3/c1-2-14(16(19)20)17-10-15(18)13-8-7-11-5-3-4-6-12(11)9-13/h7-9,14-15,17-18H,2-6,10H2,1H3,(H,19,20). The number of carboxylic acids is 1. The van der Waals surface area contributed by atoms with E-state index in [1.54, 1.807) is 0 Å². The zero-order valence-corrected chi connectivity index (χ0v) is 11.9. The van der Waals surface area contributed by atoms with Crippen molar-refractivity contribution in [3.8, 4) is 0 Å². The normalized spacial score (nSPS) is 17.3. The fourth-order valence-electron chi connectivity index (χ4n) is 2.74. The lowest BCUT2D eigenvalue weighted by atomic mass is 9.89. The summed E-state index contributed by atoms with van der Waals surface area (Å²) in [6.45, 7) is 2.08. The van der Waals surface area contributed by atoms with Crippen molar-refractivity contribution in [3.05, 3.63) is 34.9 Å². The molecule has 2 unspecified atom stereocenters. The molecule has 4 heteroatoms. The first kappa shape index (κ1) is 15.0. The second kappa shape index (κ2) is 6.86. The van der Waals surface area contributed by atoms with E-state index < -0.39 is 18.1 Å². The van der Waals surface area contributed by atoms with Gasteiger partial charge >= 0.3 is 5.97 Å². The van der Waals surface area contributed by atoms with Gasteiger partial charge in [0, 0.05) is 6.54 Å². The van der Waals surface area contributed by atoms with Crippen molar-refractivity contribution in [2.24, 2.45) is 0 Å². The Bertz CT molecular complexity index is 473. The Labute approximate surface area is 119 Å². The van der Waals surface area contributed by atoms with Crippen molar-refractivity contribution < 1.29 is 15.0 Å². The molecule has 3 N–H and O–H groups in total. The molecular formula is C16H23NO3. The summed E-state index contributed by atoms with van der Waals surface area (Å²) < 4.78 is 0. The van der Waals surface area contributed by atoms with Crippen LogP contribution in [-0.2, 0) is 17.6 Å². The first-order valence-corrected chi connectivity index (χ1v) is 7.37. The molecule has 1 aliphatic carbocycles. The molecule has 0 bridgehead atoms. The van der Waals surface area contributed by atoms with Crippen LogP contribution in [-0.4, -0.2) is 28.8 Å². The highest BCUT2D eigenvalue weighted by molar-refractivity contribution is 5.73. The average molecular weight is 277 g/mol. The van der Waals surface area contributed by atoms with Gasteiger partial charge in [0.15, 0.2) is 0 Å². The maximum Gasteiger partial charge on any atom is 0.320 e. The number of nitrogens with one attached hydrogen (secondary N) is 1. The molecule has 0 saturated heterocycles. The van der Waals surface area contributed by atoms with Crippen LogP contribution in [0.5, 0.6) is 0 Å². The number of aliphatic carboxylic acids is 1. The molecule has 2 rings (SSSR count). The lowest BCUT2D eigenvalue weighted by Crippen LogP contribution is -2.38. The molecule has 1 aromatic rings. The molecule has 0 aromatic heterocycles. The quantitative estimate of drug-likeness (QED) is 0.744. The number of hydrogen-bond acceptors (Lipinski definition) is 3. The molecule has 1 aromatic carbocycles. The number of hydrogen-bond donors (Lipinski definition) is 3. The van der Waals surface area contributed by atoms with Crippen LogP contribution in [0.2, 0.25) is 0 Å². The third-order valence-electron chi connectivity index (χ3n) is 4.02. The number of rotatable bonds is 6. The van der Waals surface area contributed by atoms with E-state index in [1.807, 2.05) is 13.0 Å². The summed E-state index contributed by atoms with van der Waals surface area (Å²) in [5, 5.41) is 22.1. The van der Waals surface area contributed by atoms with Crippen LogP contribution in [0.3, 0.4) is 0 Å². The lowest BCUT2D eigenvalue weighted by molar-refractivity contribution is -0.139. The Balaban J connectivity index is 1.98. The zero-order chi connectivity index (χ0) is 14.5. The summed E-state index contributed by atoms with van der Waals surface area (Å²) in [6, 6.07) is 5.53. The van der Waals surface area contributed by atoms with E-state index in [0.29, 0.717) is 6.42 Å². The maximum atomic E-state index is 10.9. The topological polar surface area (TPSA) is 69.6 Å². The Morgan fingerprint density at radius 1 is 1.30 bits per heavy atom. The summed E-state index contributed by atoms with van der Waals surface area (Å²) in [7, 11) is 0. The fraction of sp³-hybridized carbons (Fsp3) is 0.562. The molecule has 0 heterocycles. The van der Waals surface area contributed by atoms with Crippen molar-refractivity contribution >= 4 is 5.97 Å². The lowest BCUT2D eigenvalue weighted by Gasteiger charge is -2.20. The van der Waals surface area contributed by atoms with Crippen LogP contribution in [0.4, 0.5) is 0 Å². The molecule has 4 nitrogen and oxygen atoms in total. The summed E-state index contributed by atoms with van der Waals surface area (Å²) in [5.41, 5.74) is 3.59. The number of carboxylic acid groups (broad SMARTS) is 1. The molecule has 110 valence electrons. The second-order valence-corrected chi connectivity index (χ2v) is 5.46. The summed E-state index contributed by atoms with van der Waals surface area (Å²) in [6.07, 6.45) is 4.51. The fourth-order valence-corrected chi connectivity index (χ4v) is 2.74. The van der Waals surface area contributed by atoms with E-state index in [4.69, 9.17) is 5.11 Å². The monoisotopic (exact) mass is 277 g/mol. The van der Waals surface area contributed by atoms with E-state index in [9.17, 15) is 9.90 Å².